The average Bonchev–Trinajstić information content (AvgIpc) is 2.49. The van der Waals surface area contributed by atoms with E-state index < -0.39 is 0 Å². The normalized spacial score (nSPS) is 10.6. The molecular weight excluding hydrogens is 276 g/mol. The molecule has 0 spiro atoms. The summed E-state index contributed by atoms with van der Waals surface area (Å²) < 4.78 is 0. The summed E-state index contributed by atoms with van der Waals surface area (Å²) in [6.45, 7) is 9.09. The van der Waals surface area contributed by atoms with Crippen LogP contribution in [0.5, 0.6) is 0 Å². The summed E-state index contributed by atoms with van der Waals surface area (Å²) in [6, 6.07) is 9.18. The highest BCUT2D eigenvalue weighted by Crippen LogP contribution is 2.12. The fourth-order valence-corrected chi connectivity index (χ4v) is 1.87. The van der Waals surface area contributed by atoms with E-state index in [0.717, 1.165) is 17.7 Å². The van der Waals surface area contributed by atoms with Crippen LogP contribution < -0.4 is 10.6 Å². The third-order valence-electron chi connectivity index (χ3n) is 3.37. The average molecular weight is 298 g/mol. The van der Waals surface area contributed by atoms with Gasteiger partial charge < -0.3 is 10.6 Å². The van der Waals surface area contributed by atoms with Crippen molar-refractivity contribution in [1.29, 1.82) is 0 Å². The Morgan fingerprint density at radius 3 is 2.32 bits per heavy atom. The van der Waals surface area contributed by atoms with Gasteiger partial charge in [-0.3, -0.25) is 4.79 Å². The largest absolute Gasteiger partial charge is 0.368 e. The van der Waals surface area contributed by atoms with Gasteiger partial charge in [-0.25, -0.2) is 0 Å². The molecule has 0 saturated carbocycles. The Bertz CT molecular complexity index is 650. The monoisotopic (exact) mass is 298 g/mol. The molecule has 5 nitrogen and oxygen atoms in total. The van der Waals surface area contributed by atoms with Crippen LogP contribution in [-0.2, 0) is 0 Å². The van der Waals surface area contributed by atoms with Crippen LogP contribution in [0, 0.1) is 19.8 Å². The molecule has 0 unspecified atom stereocenters. The molecular formula is C17H22N4O. The Labute approximate surface area is 131 Å². The fourth-order valence-electron chi connectivity index (χ4n) is 1.87. The highest BCUT2D eigenvalue weighted by atomic mass is 16.1. The maximum absolute atomic E-state index is 12.2. The van der Waals surface area contributed by atoms with Crippen molar-refractivity contribution in [2.45, 2.75) is 27.7 Å². The molecule has 0 atom stereocenters. The van der Waals surface area contributed by atoms with Gasteiger partial charge in [0.25, 0.3) is 5.91 Å². The zero-order valence-electron chi connectivity index (χ0n) is 13.5. The minimum Gasteiger partial charge on any atom is -0.368 e. The number of aryl methyl sites for hydroxylation is 2. The molecule has 0 radical (unpaired) electrons. The van der Waals surface area contributed by atoms with E-state index in [1.54, 1.807) is 6.07 Å². The van der Waals surface area contributed by atoms with Crippen LogP contribution in [0.1, 0.15) is 35.3 Å². The number of aromatic nitrogens is 2. The molecule has 116 valence electrons. The third kappa shape index (κ3) is 4.28. The molecule has 1 aromatic carbocycles. The van der Waals surface area contributed by atoms with Crippen LogP contribution >= 0.6 is 0 Å². The molecule has 0 aliphatic heterocycles. The standard InChI is InChI=1S/C17H22N4O/c1-11(2)10-18-15-7-8-16(21-20-15)19-17(22)14-6-5-12(3)13(4)9-14/h5-9,11H,10H2,1-4H3,(H,18,20)(H,19,21,22). The van der Waals surface area contributed by atoms with E-state index in [0.29, 0.717) is 23.1 Å². The second kappa shape index (κ2) is 7.02. The van der Waals surface area contributed by atoms with Gasteiger partial charge in [0.1, 0.15) is 5.82 Å². The number of rotatable bonds is 5. The van der Waals surface area contributed by atoms with Gasteiger partial charge in [0.15, 0.2) is 5.82 Å². The second-order valence-electron chi connectivity index (χ2n) is 5.83. The third-order valence-corrected chi connectivity index (χ3v) is 3.37. The van der Waals surface area contributed by atoms with Gasteiger partial charge in [0, 0.05) is 12.1 Å². The van der Waals surface area contributed by atoms with Gasteiger partial charge in [-0.1, -0.05) is 19.9 Å². The minimum atomic E-state index is -0.180. The van der Waals surface area contributed by atoms with E-state index in [4.69, 9.17) is 0 Å². The summed E-state index contributed by atoms with van der Waals surface area (Å²) in [5.41, 5.74) is 2.87. The topological polar surface area (TPSA) is 66.9 Å². The fraction of sp³-hybridized carbons (Fsp3) is 0.353. The predicted molar refractivity (Wildman–Crippen MR) is 89.2 cm³/mol. The van der Waals surface area contributed by atoms with Crippen molar-refractivity contribution in [3.63, 3.8) is 0 Å². The van der Waals surface area contributed by atoms with E-state index in [9.17, 15) is 4.79 Å². The molecule has 2 rings (SSSR count). The van der Waals surface area contributed by atoms with Crippen LogP contribution in [0.4, 0.5) is 11.6 Å². The maximum atomic E-state index is 12.2. The minimum absolute atomic E-state index is 0.180. The summed E-state index contributed by atoms with van der Waals surface area (Å²) in [4.78, 5) is 12.2. The SMILES string of the molecule is Cc1ccc(C(=O)Nc2ccc(NCC(C)C)nn2)cc1C. The molecule has 22 heavy (non-hydrogen) atoms. The van der Waals surface area contributed by atoms with Crippen LogP contribution in [0.25, 0.3) is 0 Å². The molecule has 1 amide bonds. The van der Waals surface area contributed by atoms with Gasteiger partial charge in [0.2, 0.25) is 0 Å². The van der Waals surface area contributed by atoms with Crippen molar-refractivity contribution in [2.24, 2.45) is 5.92 Å². The van der Waals surface area contributed by atoms with Gasteiger partial charge in [0.05, 0.1) is 0 Å². The summed E-state index contributed by atoms with van der Waals surface area (Å²) in [5, 5.41) is 14.0. The molecule has 1 heterocycles. The maximum Gasteiger partial charge on any atom is 0.256 e. The van der Waals surface area contributed by atoms with Crippen molar-refractivity contribution in [3.05, 3.63) is 47.0 Å². The molecule has 0 aliphatic rings. The lowest BCUT2D eigenvalue weighted by atomic mass is 10.1. The first kappa shape index (κ1) is 15.9. The molecule has 2 aromatic rings. The Morgan fingerprint density at radius 2 is 1.73 bits per heavy atom. The van der Waals surface area contributed by atoms with E-state index in [-0.39, 0.29) is 5.91 Å². The summed E-state index contributed by atoms with van der Waals surface area (Å²) in [5.74, 6) is 1.50. The number of anilines is 2. The first-order valence-corrected chi connectivity index (χ1v) is 7.42. The highest BCUT2D eigenvalue weighted by molar-refractivity contribution is 6.03. The number of nitrogens with zero attached hydrogens (tertiary/aromatic N) is 2. The Hall–Kier alpha value is -2.43. The molecule has 0 saturated heterocycles. The first-order valence-electron chi connectivity index (χ1n) is 7.42. The second-order valence-corrected chi connectivity index (χ2v) is 5.83. The summed E-state index contributed by atoms with van der Waals surface area (Å²) >= 11 is 0. The predicted octanol–water partition coefficient (Wildman–Crippen LogP) is 3.41. The molecule has 0 fully saturated rings. The van der Waals surface area contributed by atoms with Crippen molar-refractivity contribution in [2.75, 3.05) is 17.2 Å². The lowest BCUT2D eigenvalue weighted by molar-refractivity contribution is 0.102. The van der Waals surface area contributed by atoms with Crippen LogP contribution in [0.2, 0.25) is 0 Å². The highest BCUT2D eigenvalue weighted by Gasteiger charge is 2.08. The Morgan fingerprint density at radius 1 is 1.05 bits per heavy atom. The molecule has 0 bridgehead atoms. The number of carbonyl (C=O) groups is 1. The van der Waals surface area contributed by atoms with E-state index >= 15 is 0 Å². The van der Waals surface area contributed by atoms with Gasteiger partial charge in [-0.05, 0) is 55.2 Å². The molecule has 1 aromatic heterocycles. The van der Waals surface area contributed by atoms with Crippen molar-refractivity contribution >= 4 is 17.5 Å². The smallest absolute Gasteiger partial charge is 0.256 e. The zero-order chi connectivity index (χ0) is 16.1. The van der Waals surface area contributed by atoms with Crippen LogP contribution in [0.3, 0.4) is 0 Å². The molecule has 2 N–H and O–H groups in total. The van der Waals surface area contributed by atoms with Gasteiger partial charge in [-0.2, -0.15) is 0 Å². The lowest BCUT2D eigenvalue weighted by Crippen LogP contribution is -2.14. The number of hydrogen-bond donors (Lipinski definition) is 2. The number of nitrogens with one attached hydrogen (secondary N) is 2. The van der Waals surface area contributed by atoms with Crippen LogP contribution in [-0.4, -0.2) is 22.6 Å². The lowest BCUT2D eigenvalue weighted by Gasteiger charge is -2.09. The first-order chi connectivity index (χ1) is 10.5. The van der Waals surface area contributed by atoms with E-state index in [2.05, 4.69) is 34.7 Å². The molecule has 5 heteroatoms. The van der Waals surface area contributed by atoms with Crippen molar-refractivity contribution in [3.8, 4) is 0 Å². The van der Waals surface area contributed by atoms with E-state index in [1.165, 1.54) is 0 Å². The van der Waals surface area contributed by atoms with Gasteiger partial charge >= 0.3 is 0 Å². The van der Waals surface area contributed by atoms with Crippen LogP contribution in [0.15, 0.2) is 30.3 Å². The Kier molecular flexibility index (Phi) is 5.09. The van der Waals surface area contributed by atoms with Gasteiger partial charge in [-0.15, -0.1) is 10.2 Å². The van der Waals surface area contributed by atoms with Crippen molar-refractivity contribution < 1.29 is 4.79 Å². The van der Waals surface area contributed by atoms with E-state index in [1.807, 2.05) is 38.1 Å². The Balaban J connectivity index is 2.00. The summed E-state index contributed by atoms with van der Waals surface area (Å²) in [7, 11) is 0. The number of hydrogen-bond acceptors (Lipinski definition) is 4. The summed E-state index contributed by atoms with van der Waals surface area (Å²) in [6.07, 6.45) is 0. The molecule has 0 aliphatic carbocycles. The van der Waals surface area contributed by atoms with Crippen molar-refractivity contribution in [1.82, 2.24) is 10.2 Å². The number of benzene rings is 1. The quantitative estimate of drug-likeness (QED) is 0.887. The zero-order valence-corrected chi connectivity index (χ0v) is 13.5. The number of carbonyl (C=O) groups excluding carboxylic acids is 1. The number of amides is 1.